The maximum absolute atomic E-state index is 12.8. The Morgan fingerprint density at radius 1 is 1.47 bits per heavy atom. The van der Waals surface area contributed by atoms with Crippen molar-refractivity contribution in [3.8, 4) is 0 Å². The summed E-state index contributed by atoms with van der Waals surface area (Å²) in [7, 11) is 1.58. The monoisotopic (exact) mass is 258 g/mol. The number of thiocarbonyl (C=S) groups is 1. The first-order chi connectivity index (χ1) is 8.01. The van der Waals surface area contributed by atoms with Crippen molar-refractivity contribution in [1.29, 1.82) is 0 Å². The molecule has 0 aromatic rings. The SMILES string of the molecule is C=C/C=C(/CC(=O)NC(=S)NC)C(=C)F.CC. The van der Waals surface area contributed by atoms with E-state index in [4.69, 9.17) is 12.2 Å². The second-order valence-corrected chi connectivity index (χ2v) is 3.04. The van der Waals surface area contributed by atoms with Gasteiger partial charge in [0.05, 0.1) is 6.42 Å². The molecule has 0 spiro atoms. The van der Waals surface area contributed by atoms with Gasteiger partial charge in [-0.3, -0.25) is 4.79 Å². The van der Waals surface area contributed by atoms with Gasteiger partial charge in [0.2, 0.25) is 5.91 Å². The second-order valence-electron chi connectivity index (χ2n) is 2.64. The van der Waals surface area contributed by atoms with Crippen molar-refractivity contribution in [3.05, 3.63) is 36.7 Å². The van der Waals surface area contributed by atoms with Gasteiger partial charge >= 0.3 is 0 Å². The molecule has 0 aliphatic rings. The summed E-state index contributed by atoms with van der Waals surface area (Å²) in [6.07, 6.45) is 2.66. The third-order valence-electron chi connectivity index (χ3n) is 1.50. The first kappa shape index (κ1) is 17.9. The van der Waals surface area contributed by atoms with Gasteiger partial charge in [0, 0.05) is 7.05 Å². The smallest absolute Gasteiger partial charge is 0.230 e. The molecule has 0 saturated carbocycles. The lowest BCUT2D eigenvalue weighted by Gasteiger charge is -2.06. The molecular weight excluding hydrogens is 239 g/mol. The van der Waals surface area contributed by atoms with Crippen LogP contribution in [0, 0.1) is 0 Å². The number of carbonyl (C=O) groups excluding carboxylic acids is 1. The number of nitrogens with one attached hydrogen (secondary N) is 2. The van der Waals surface area contributed by atoms with Gasteiger partial charge in [0.25, 0.3) is 0 Å². The van der Waals surface area contributed by atoms with Gasteiger partial charge in [-0.2, -0.15) is 0 Å². The van der Waals surface area contributed by atoms with Gasteiger partial charge in [0.1, 0.15) is 5.83 Å². The van der Waals surface area contributed by atoms with Crippen molar-refractivity contribution in [2.24, 2.45) is 0 Å². The summed E-state index contributed by atoms with van der Waals surface area (Å²) in [6, 6.07) is 0. The first-order valence-electron chi connectivity index (χ1n) is 5.19. The van der Waals surface area contributed by atoms with Crippen LogP contribution in [0.25, 0.3) is 0 Å². The van der Waals surface area contributed by atoms with E-state index >= 15 is 0 Å². The molecule has 0 aromatic carbocycles. The highest BCUT2D eigenvalue weighted by molar-refractivity contribution is 7.80. The van der Waals surface area contributed by atoms with Crippen LogP contribution in [0.15, 0.2) is 36.7 Å². The fraction of sp³-hybridized carbons (Fsp3) is 0.333. The topological polar surface area (TPSA) is 41.1 Å². The van der Waals surface area contributed by atoms with Crippen LogP contribution >= 0.6 is 12.2 Å². The summed E-state index contributed by atoms with van der Waals surface area (Å²) in [5.74, 6) is -1.05. The molecule has 0 fully saturated rings. The molecular formula is C12H19FN2OS. The van der Waals surface area contributed by atoms with E-state index in [0.29, 0.717) is 0 Å². The van der Waals surface area contributed by atoms with Crippen molar-refractivity contribution in [2.45, 2.75) is 20.3 Å². The minimum Gasteiger partial charge on any atom is -0.365 e. The van der Waals surface area contributed by atoms with Crippen molar-refractivity contribution >= 4 is 23.2 Å². The van der Waals surface area contributed by atoms with E-state index in [1.165, 1.54) is 12.2 Å². The molecule has 3 nitrogen and oxygen atoms in total. The molecule has 0 radical (unpaired) electrons. The van der Waals surface area contributed by atoms with Crippen molar-refractivity contribution in [1.82, 2.24) is 10.6 Å². The van der Waals surface area contributed by atoms with E-state index in [0.717, 1.165) is 0 Å². The van der Waals surface area contributed by atoms with Crippen molar-refractivity contribution < 1.29 is 9.18 Å². The molecule has 2 N–H and O–H groups in total. The van der Waals surface area contributed by atoms with Gasteiger partial charge in [-0.15, -0.1) is 0 Å². The van der Waals surface area contributed by atoms with Gasteiger partial charge in [-0.05, 0) is 17.8 Å². The van der Waals surface area contributed by atoms with E-state index in [1.807, 2.05) is 13.8 Å². The number of amides is 1. The van der Waals surface area contributed by atoms with Crippen LogP contribution in [-0.4, -0.2) is 18.1 Å². The Hall–Kier alpha value is -1.49. The Labute approximate surface area is 107 Å². The van der Waals surface area contributed by atoms with E-state index in [1.54, 1.807) is 7.05 Å². The number of allylic oxidation sites excluding steroid dienone is 3. The average Bonchev–Trinajstić information content (AvgIpc) is 2.30. The van der Waals surface area contributed by atoms with Crippen LogP contribution in [0.1, 0.15) is 20.3 Å². The standard InChI is InChI=1S/C10H13FN2OS.C2H6/c1-4-5-8(7(2)11)6-9(14)13-10(15)12-3;1-2/h4-5H,1-2,6H2,3H3,(H2,12,13,14,15);1-2H3/b8-5-;. The molecule has 0 saturated heterocycles. The largest absolute Gasteiger partial charge is 0.365 e. The molecule has 0 atom stereocenters. The predicted molar refractivity (Wildman–Crippen MR) is 74.3 cm³/mol. The molecule has 0 unspecified atom stereocenters. The molecule has 0 heterocycles. The summed E-state index contributed by atoms with van der Waals surface area (Å²) in [4.78, 5) is 11.3. The fourth-order valence-electron chi connectivity index (χ4n) is 0.794. The molecule has 17 heavy (non-hydrogen) atoms. The number of hydrogen-bond acceptors (Lipinski definition) is 2. The minimum atomic E-state index is -0.652. The molecule has 5 heteroatoms. The van der Waals surface area contributed by atoms with E-state index in [-0.39, 0.29) is 17.1 Å². The lowest BCUT2D eigenvalue weighted by Crippen LogP contribution is -2.37. The maximum Gasteiger partial charge on any atom is 0.230 e. The summed E-state index contributed by atoms with van der Waals surface area (Å²) in [5, 5.41) is 5.14. The number of halogens is 1. The predicted octanol–water partition coefficient (Wildman–Crippen LogP) is 2.62. The van der Waals surface area contributed by atoms with Gasteiger partial charge in [-0.1, -0.05) is 39.2 Å². The first-order valence-corrected chi connectivity index (χ1v) is 5.60. The Morgan fingerprint density at radius 3 is 2.35 bits per heavy atom. The summed E-state index contributed by atoms with van der Waals surface area (Å²) in [5.41, 5.74) is 0.182. The zero-order chi connectivity index (χ0) is 13.8. The van der Waals surface area contributed by atoms with E-state index in [9.17, 15) is 9.18 Å². The molecule has 0 aliphatic carbocycles. The zero-order valence-corrected chi connectivity index (χ0v) is 11.3. The highest BCUT2D eigenvalue weighted by atomic mass is 32.1. The molecule has 96 valence electrons. The average molecular weight is 258 g/mol. The third kappa shape index (κ3) is 9.44. The Kier molecular flexibility index (Phi) is 11.6. The molecule has 0 aromatic heterocycles. The molecule has 0 bridgehead atoms. The highest BCUT2D eigenvalue weighted by Crippen LogP contribution is 2.13. The zero-order valence-electron chi connectivity index (χ0n) is 10.5. The Morgan fingerprint density at radius 2 is 2.00 bits per heavy atom. The van der Waals surface area contributed by atoms with Crippen LogP contribution in [0.4, 0.5) is 4.39 Å². The lowest BCUT2D eigenvalue weighted by molar-refractivity contribution is -0.119. The van der Waals surface area contributed by atoms with E-state index in [2.05, 4.69) is 23.8 Å². The van der Waals surface area contributed by atoms with Crippen LogP contribution in [0.2, 0.25) is 0 Å². The fourth-order valence-corrected chi connectivity index (χ4v) is 0.908. The summed E-state index contributed by atoms with van der Waals surface area (Å²) < 4.78 is 12.8. The summed E-state index contributed by atoms with van der Waals surface area (Å²) >= 11 is 4.72. The highest BCUT2D eigenvalue weighted by Gasteiger charge is 2.09. The maximum atomic E-state index is 12.8. The summed E-state index contributed by atoms with van der Waals surface area (Å²) in [6.45, 7) is 10.5. The van der Waals surface area contributed by atoms with Gasteiger partial charge in [-0.25, -0.2) is 4.39 Å². The van der Waals surface area contributed by atoms with Crippen molar-refractivity contribution in [3.63, 3.8) is 0 Å². The Balaban J connectivity index is 0. The van der Waals surface area contributed by atoms with Crippen LogP contribution < -0.4 is 10.6 Å². The molecule has 0 rings (SSSR count). The Bertz CT molecular complexity index is 324. The second kappa shape index (κ2) is 11.0. The van der Waals surface area contributed by atoms with Crippen LogP contribution in [0.5, 0.6) is 0 Å². The van der Waals surface area contributed by atoms with Gasteiger partial charge in [0.15, 0.2) is 5.11 Å². The van der Waals surface area contributed by atoms with Crippen molar-refractivity contribution in [2.75, 3.05) is 7.05 Å². The lowest BCUT2D eigenvalue weighted by atomic mass is 10.1. The number of carbonyl (C=O) groups is 1. The quantitative estimate of drug-likeness (QED) is 0.601. The van der Waals surface area contributed by atoms with Gasteiger partial charge < -0.3 is 10.6 Å². The molecule has 1 amide bonds. The van der Waals surface area contributed by atoms with Crippen LogP contribution in [0.3, 0.4) is 0 Å². The molecule has 0 aliphatic heterocycles. The van der Waals surface area contributed by atoms with E-state index < -0.39 is 11.7 Å². The normalized spacial score (nSPS) is 9.53. The third-order valence-corrected chi connectivity index (χ3v) is 1.80. The number of hydrogen-bond donors (Lipinski definition) is 2. The van der Waals surface area contributed by atoms with Crippen LogP contribution in [-0.2, 0) is 4.79 Å². The number of rotatable bonds is 4. The minimum absolute atomic E-state index is 0.122.